The normalized spacial score (nSPS) is 14.9. The number of aryl methyl sites for hydroxylation is 1. The number of hydrogen-bond donors (Lipinski definition) is 2. The minimum Gasteiger partial charge on any atom is -0.443 e. The minimum atomic E-state index is -4.01. The van der Waals surface area contributed by atoms with Crippen LogP contribution in [0.4, 0.5) is 26.4 Å². The van der Waals surface area contributed by atoms with Crippen LogP contribution in [0.15, 0.2) is 35.1 Å². The first-order valence-electron chi connectivity index (χ1n) is 11.4. The smallest absolute Gasteiger partial charge is 0.420 e. The van der Waals surface area contributed by atoms with Crippen LogP contribution in [0.5, 0.6) is 0 Å². The topological polar surface area (TPSA) is 118 Å². The van der Waals surface area contributed by atoms with E-state index in [0.29, 0.717) is 24.8 Å². The van der Waals surface area contributed by atoms with Gasteiger partial charge in [-0.05, 0) is 70.2 Å². The van der Waals surface area contributed by atoms with Gasteiger partial charge in [-0.3, -0.25) is 14.1 Å². The highest BCUT2D eigenvalue weighted by Gasteiger charge is 2.54. The molecule has 0 spiro atoms. The van der Waals surface area contributed by atoms with Crippen LogP contribution in [-0.2, 0) is 28.2 Å². The van der Waals surface area contributed by atoms with Crippen LogP contribution in [0.2, 0.25) is 0 Å². The molecule has 1 saturated carbocycles. The number of aliphatic hydroxyl groups is 1. The monoisotopic (exact) mass is 509 g/mol. The molecule has 1 amide bonds. The summed E-state index contributed by atoms with van der Waals surface area (Å²) in [5.41, 5.74) is -1.10. The molecule has 0 radical (unpaired) electrons. The zero-order chi connectivity index (χ0) is 26.2. The highest BCUT2D eigenvalue weighted by atomic mass is 32.2. The molecule has 1 fully saturated rings. The minimum absolute atomic E-state index is 0.0479. The summed E-state index contributed by atoms with van der Waals surface area (Å²) in [4.78, 5) is 26.8. The number of rotatable bonds is 8. The molecule has 1 heterocycles. The van der Waals surface area contributed by atoms with Crippen molar-refractivity contribution < 1.29 is 27.4 Å². The molecular weight excluding hydrogens is 477 g/mol. The number of aliphatic hydroxyl groups excluding tert-OH is 1. The molecule has 0 bridgehead atoms. The number of nitrogens with one attached hydrogen (secondary N) is 1. The molecule has 2 aromatic rings. The van der Waals surface area contributed by atoms with Crippen molar-refractivity contribution in [3.8, 4) is 0 Å². The number of sulfonamides is 1. The van der Waals surface area contributed by atoms with Crippen LogP contribution < -0.4 is 15.2 Å². The number of anilines is 3. The van der Waals surface area contributed by atoms with Crippen LogP contribution in [0.1, 0.15) is 52.5 Å². The van der Waals surface area contributed by atoms with Gasteiger partial charge >= 0.3 is 6.09 Å². The van der Waals surface area contributed by atoms with E-state index < -0.39 is 37.8 Å². The quantitative estimate of drug-likeness (QED) is 0.559. The van der Waals surface area contributed by atoms with Gasteiger partial charge in [-0.2, -0.15) is 0 Å². The van der Waals surface area contributed by atoms with Gasteiger partial charge < -0.3 is 9.84 Å². The van der Waals surface area contributed by atoms with Gasteiger partial charge in [-0.15, -0.1) is 0 Å². The average Bonchev–Trinajstić information content (AvgIpc) is 3.54. The van der Waals surface area contributed by atoms with Gasteiger partial charge in [-0.25, -0.2) is 22.5 Å². The number of halogens is 1. The fourth-order valence-electron chi connectivity index (χ4n) is 3.78. The Morgan fingerprint density at radius 2 is 1.91 bits per heavy atom. The third-order valence-electron chi connectivity index (χ3n) is 5.92. The maximum Gasteiger partial charge on any atom is 0.420 e. The number of amides is 1. The van der Waals surface area contributed by atoms with E-state index in [1.54, 1.807) is 26.8 Å². The van der Waals surface area contributed by atoms with E-state index in [1.165, 1.54) is 25.2 Å². The van der Waals surface area contributed by atoms with Gasteiger partial charge in [0.25, 0.3) is 5.56 Å². The fraction of sp³-hybridized carbons (Fsp3) is 0.500. The van der Waals surface area contributed by atoms with Crippen molar-refractivity contribution in [3.63, 3.8) is 0 Å². The van der Waals surface area contributed by atoms with E-state index in [1.807, 2.05) is 6.92 Å². The largest absolute Gasteiger partial charge is 0.443 e. The lowest BCUT2D eigenvalue weighted by atomic mass is 10.1. The first-order valence-corrected chi connectivity index (χ1v) is 12.9. The van der Waals surface area contributed by atoms with E-state index in [9.17, 15) is 23.1 Å². The molecule has 1 aliphatic carbocycles. The Bertz CT molecular complexity index is 1280. The van der Waals surface area contributed by atoms with E-state index in [-0.39, 0.29) is 30.2 Å². The molecule has 1 aromatic heterocycles. The van der Waals surface area contributed by atoms with Crippen molar-refractivity contribution in [2.75, 3.05) is 16.2 Å². The number of nitrogens with zero attached hydrogens (tertiary/aromatic N) is 2. The maximum atomic E-state index is 15.3. The predicted molar refractivity (Wildman–Crippen MR) is 132 cm³/mol. The van der Waals surface area contributed by atoms with Crippen molar-refractivity contribution in [2.24, 2.45) is 7.05 Å². The fourth-order valence-corrected chi connectivity index (χ4v) is 5.45. The first-order chi connectivity index (χ1) is 16.2. The number of hydrogen-bond acceptors (Lipinski definition) is 6. The molecule has 192 valence electrons. The molecule has 3 rings (SSSR count). The maximum absolute atomic E-state index is 15.3. The van der Waals surface area contributed by atoms with Gasteiger partial charge in [-0.1, -0.05) is 13.0 Å². The van der Waals surface area contributed by atoms with Crippen LogP contribution >= 0.6 is 0 Å². The lowest BCUT2D eigenvalue weighted by Crippen LogP contribution is -2.38. The first kappa shape index (κ1) is 26.7. The Morgan fingerprint density at radius 1 is 1.26 bits per heavy atom. The van der Waals surface area contributed by atoms with Gasteiger partial charge in [0.2, 0.25) is 10.0 Å². The Labute approximate surface area is 204 Å². The van der Waals surface area contributed by atoms with E-state index in [0.717, 1.165) is 15.5 Å². The van der Waals surface area contributed by atoms with Crippen LogP contribution in [-0.4, -0.2) is 41.1 Å². The standard InChI is InChI=1S/C24H32FN3O6S/c1-6-16-7-9-19(17(25)15-16)28(22(31)34-23(2,3)4)21-18(8-10-20(30)27(21)5)26-35(32,33)24(11-12-24)13-14-29/h7-10,15,26,29H,6,11-14H2,1-5H3. The SMILES string of the molecule is CCc1ccc(N(C(=O)OC(C)(C)C)c2c(NS(=O)(=O)C3(CCO)CC3)ccc(=O)n2C)c(F)c1. The number of aromatic nitrogens is 1. The second kappa shape index (κ2) is 9.62. The second-order valence-electron chi connectivity index (χ2n) is 9.69. The Kier molecular flexibility index (Phi) is 7.33. The van der Waals surface area contributed by atoms with E-state index in [4.69, 9.17) is 4.74 Å². The molecule has 0 aliphatic heterocycles. The van der Waals surface area contributed by atoms with E-state index >= 15 is 4.39 Å². The zero-order valence-corrected chi connectivity index (χ0v) is 21.4. The summed E-state index contributed by atoms with van der Waals surface area (Å²) in [6.45, 7) is 6.46. The Hall–Kier alpha value is -2.92. The number of pyridine rings is 1. The molecule has 35 heavy (non-hydrogen) atoms. The summed E-state index contributed by atoms with van der Waals surface area (Å²) >= 11 is 0. The molecule has 9 nitrogen and oxygen atoms in total. The van der Waals surface area contributed by atoms with Gasteiger partial charge in [0.15, 0.2) is 0 Å². The van der Waals surface area contributed by atoms with Crippen molar-refractivity contribution in [1.82, 2.24) is 4.57 Å². The molecule has 1 aliphatic rings. The van der Waals surface area contributed by atoms with Gasteiger partial charge in [0.1, 0.15) is 17.2 Å². The van der Waals surface area contributed by atoms with Crippen molar-refractivity contribution in [2.45, 2.75) is 63.7 Å². The van der Waals surface area contributed by atoms with Crippen LogP contribution in [0.25, 0.3) is 0 Å². The van der Waals surface area contributed by atoms with Gasteiger partial charge in [0, 0.05) is 19.7 Å². The third kappa shape index (κ3) is 5.51. The number of carbonyl (C=O) groups is 1. The summed E-state index contributed by atoms with van der Waals surface area (Å²) in [6, 6.07) is 6.69. The molecule has 0 saturated heterocycles. The summed E-state index contributed by atoms with van der Waals surface area (Å²) in [5.74, 6) is -0.933. The molecule has 1 aromatic carbocycles. The average molecular weight is 510 g/mol. The third-order valence-corrected chi connectivity index (χ3v) is 8.16. The summed E-state index contributed by atoms with van der Waals surface area (Å²) < 4.78 is 49.6. The highest BCUT2D eigenvalue weighted by molar-refractivity contribution is 7.94. The molecule has 2 N–H and O–H groups in total. The molecule has 0 atom stereocenters. The van der Waals surface area contributed by atoms with Gasteiger partial charge in [0.05, 0.1) is 16.1 Å². The molecule has 0 unspecified atom stereocenters. The molecular formula is C24H32FN3O6S. The lowest BCUT2D eigenvalue weighted by molar-refractivity contribution is 0.0596. The summed E-state index contributed by atoms with van der Waals surface area (Å²) in [5, 5.41) is 9.35. The van der Waals surface area contributed by atoms with Crippen LogP contribution in [0, 0.1) is 5.82 Å². The van der Waals surface area contributed by atoms with Crippen molar-refractivity contribution in [1.29, 1.82) is 0 Å². The Balaban J connectivity index is 2.22. The van der Waals surface area contributed by atoms with Crippen molar-refractivity contribution in [3.05, 3.63) is 52.1 Å². The van der Waals surface area contributed by atoms with Crippen molar-refractivity contribution >= 4 is 33.3 Å². The number of carbonyl (C=O) groups excluding carboxylic acids is 1. The predicted octanol–water partition coefficient (Wildman–Crippen LogP) is 3.82. The number of ether oxygens (including phenoxy) is 1. The summed E-state index contributed by atoms with van der Waals surface area (Å²) in [7, 11) is -2.66. The summed E-state index contributed by atoms with van der Waals surface area (Å²) in [6.07, 6.45) is 0.358. The zero-order valence-electron chi connectivity index (χ0n) is 20.6. The lowest BCUT2D eigenvalue weighted by Gasteiger charge is -2.30. The second-order valence-corrected chi connectivity index (χ2v) is 11.8. The highest BCUT2D eigenvalue weighted by Crippen LogP contribution is 2.47. The Morgan fingerprint density at radius 3 is 2.43 bits per heavy atom. The van der Waals surface area contributed by atoms with Crippen LogP contribution in [0.3, 0.4) is 0 Å². The number of benzene rings is 1. The van der Waals surface area contributed by atoms with E-state index in [2.05, 4.69) is 4.72 Å². The molecule has 11 heteroatoms.